The summed E-state index contributed by atoms with van der Waals surface area (Å²) in [6, 6.07) is 0. The van der Waals surface area contributed by atoms with Crippen molar-refractivity contribution >= 4 is 0 Å². The highest BCUT2D eigenvalue weighted by molar-refractivity contribution is 4.75. The Kier molecular flexibility index (Phi) is 13.8. The van der Waals surface area contributed by atoms with E-state index in [1.807, 2.05) is 11.1 Å². The molecule has 1 rings (SSSR count). The number of β-amino-alcohol motifs (C(OH)–C–C–N with tert-alkyl or cyclic N) is 2. The number of hydrogen-bond acceptors (Lipinski definition) is 8. The van der Waals surface area contributed by atoms with Crippen molar-refractivity contribution in [1.29, 1.82) is 0 Å². The Morgan fingerprint density at radius 1 is 0.708 bits per heavy atom. The second-order valence-corrected chi connectivity index (χ2v) is 5.32. The molecule has 0 aromatic carbocycles. The van der Waals surface area contributed by atoms with Crippen molar-refractivity contribution in [2.45, 2.75) is 0 Å². The van der Waals surface area contributed by atoms with Crippen LogP contribution in [-0.4, -0.2) is 112 Å². The van der Waals surface area contributed by atoms with Crippen LogP contribution in [0.4, 0.5) is 0 Å². The van der Waals surface area contributed by atoms with Gasteiger partial charge in [-0.15, -0.1) is 0 Å². The van der Waals surface area contributed by atoms with Crippen LogP contribution in [0.15, 0.2) is 12.5 Å². The zero-order valence-electron chi connectivity index (χ0n) is 14.5. The summed E-state index contributed by atoms with van der Waals surface area (Å²) < 4.78 is 22.0. The molecule has 0 atom stereocenters. The molecule has 1 heterocycles. The van der Waals surface area contributed by atoms with Crippen molar-refractivity contribution < 1.29 is 29.2 Å². The molecular weight excluding hydrogens is 316 g/mol. The van der Waals surface area contributed by atoms with Gasteiger partial charge in [0.05, 0.1) is 59.1 Å². The second-order valence-electron chi connectivity index (χ2n) is 5.32. The molecule has 8 heteroatoms. The van der Waals surface area contributed by atoms with Gasteiger partial charge >= 0.3 is 0 Å². The lowest BCUT2D eigenvalue weighted by atomic mass is 10.4. The fraction of sp³-hybridized carbons (Fsp3) is 0.875. The van der Waals surface area contributed by atoms with Crippen LogP contribution in [0.25, 0.3) is 0 Å². The normalized spacial score (nSPS) is 22.3. The van der Waals surface area contributed by atoms with Gasteiger partial charge in [-0.3, -0.25) is 4.90 Å². The third kappa shape index (κ3) is 11.6. The average molecular weight is 348 g/mol. The van der Waals surface area contributed by atoms with E-state index in [9.17, 15) is 0 Å². The topological polar surface area (TPSA) is 83.9 Å². The van der Waals surface area contributed by atoms with Crippen molar-refractivity contribution in [1.82, 2.24) is 9.80 Å². The molecule has 2 N–H and O–H groups in total. The van der Waals surface area contributed by atoms with E-state index in [0.717, 1.165) is 13.1 Å². The maximum Gasteiger partial charge on any atom is 0.111 e. The van der Waals surface area contributed by atoms with Gasteiger partial charge in [0.1, 0.15) is 6.61 Å². The number of aliphatic hydroxyl groups is 2. The van der Waals surface area contributed by atoms with E-state index in [2.05, 4.69) is 4.90 Å². The van der Waals surface area contributed by atoms with E-state index in [1.165, 1.54) is 0 Å². The molecule has 1 aliphatic heterocycles. The molecule has 0 unspecified atom stereocenters. The quantitative estimate of drug-likeness (QED) is 0.678. The van der Waals surface area contributed by atoms with Crippen LogP contribution >= 0.6 is 0 Å². The van der Waals surface area contributed by atoms with E-state index in [1.54, 1.807) is 6.26 Å². The minimum absolute atomic E-state index is 0.0842. The lowest BCUT2D eigenvalue weighted by Crippen LogP contribution is -2.34. The van der Waals surface area contributed by atoms with Gasteiger partial charge in [-0.05, 0) is 0 Å². The number of aliphatic hydroxyl groups excluding tert-OH is 2. The molecule has 0 aliphatic carbocycles. The highest BCUT2D eigenvalue weighted by atomic mass is 16.5. The van der Waals surface area contributed by atoms with Gasteiger partial charge in [0.15, 0.2) is 0 Å². The van der Waals surface area contributed by atoms with Gasteiger partial charge < -0.3 is 34.1 Å². The Morgan fingerprint density at radius 3 is 1.92 bits per heavy atom. The molecule has 0 aromatic heterocycles. The lowest BCUT2D eigenvalue weighted by molar-refractivity contribution is 0.0229. The fourth-order valence-electron chi connectivity index (χ4n) is 2.16. The van der Waals surface area contributed by atoms with Gasteiger partial charge in [0, 0.05) is 38.9 Å². The predicted molar refractivity (Wildman–Crippen MR) is 89.7 cm³/mol. The van der Waals surface area contributed by atoms with Gasteiger partial charge in [0.2, 0.25) is 0 Å². The summed E-state index contributed by atoms with van der Waals surface area (Å²) in [6.07, 6.45) is 3.42. The molecule has 1 aliphatic rings. The zero-order valence-corrected chi connectivity index (χ0v) is 14.5. The molecule has 0 spiro atoms. The SMILES string of the molecule is OCCN1/C=C\OCCOCCN(CCO)CCOCCOCC1. The van der Waals surface area contributed by atoms with Gasteiger partial charge in [0.25, 0.3) is 0 Å². The Labute approximate surface area is 144 Å². The fourth-order valence-corrected chi connectivity index (χ4v) is 2.16. The molecule has 0 saturated heterocycles. The van der Waals surface area contributed by atoms with Crippen LogP contribution < -0.4 is 0 Å². The molecule has 0 amide bonds. The summed E-state index contributed by atoms with van der Waals surface area (Å²) in [5, 5.41) is 18.1. The molecule has 0 bridgehead atoms. The van der Waals surface area contributed by atoms with E-state index in [0.29, 0.717) is 65.9 Å². The molecule has 8 nitrogen and oxygen atoms in total. The third-order valence-electron chi connectivity index (χ3n) is 3.52. The van der Waals surface area contributed by atoms with Crippen molar-refractivity contribution in [3.05, 3.63) is 12.5 Å². The van der Waals surface area contributed by atoms with Crippen molar-refractivity contribution in [3.8, 4) is 0 Å². The lowest BCUT2D eigenvalue weighted by Gasteiger charge is -2.21. The average Bonchev–Trinajstić information content (AvgIpc) is 2.58. The maximum atomic E-state index is 9.08. The second kappa shape index (κ2) is 15.6. The van der Waals surface area contributed by atoms with Gasteiger partial charge in [-0.1, -0.05) is 0 Å². The minimum Gasteiger partial charge on any atom is -0.497 e. The van der Waals surface area contributed by atoms with E-state index >= 15 is 0 Å². The molecule has 0 radical (unpaired) electrons. The first-order valence-corrected chi connectivity index (χ1v) is 8.56. The Bertz CT molecular complexity index is 306. The van der Waals surface area contributed by atoms with Crippen LogP contribution in [0.2, 0.25) is 0 Å². The summed E-state index contributed by atoms with van der Waals surface area (Å²) in [5.41, 5.74) is 0. The van der Waals surface area contributed by atoms with Crippen molar-refractivity contribution in [2.75, 3.05) is 92.2 Å². The summed E-state index contributed by atoms with van der Waals surface area (Å²) in [6.45, 7) is 7.38. The summed E-state index contributed by atoms with van der Waals surface area (Å²) in [4.78, 5) is 4.05. The molecule has 142 valence electrons. The molecular formula is C16H32N2O6. The molecule has 0 saturated carbocycles. The first-order valence-electron chi connectivity index (χ1n) is 8.56. The van der Waals surface area contributed by atoms with Crippen LogP contribution in [0.5, 0.6) is 0 Å². The van der Waals surface area contributed by atoms with Crippen molar-refractivity contribution in [3.63, 3.8) is 0 Å². The van der Waals surface area contributed by atoms with Crippen LogP contribution in [0, 0.1) is 0 Å². The molecule has 0 fully saturated rings. The maximum absolute atomic E-state index is 9.08. The largest absolute Gasteiger partial charge is 0.497 e. The van der Waals surface area contributed by atoms with Crippen LogP contribution in [0.3, 0.4) is 0 Å². The first kappa shape index (κ1) is 21.1. The smallest absolute Gasteiger partial charge is 0.111 e. The number of hydrogen-bond donors (Lipinski definition) is 2. The first-order chi connectivity index (χ1) is 11.9. The third-order valence-corrected chi connectivity index (χ3v) is 3.52. The summed E-state index contributed by atoms with van der Waals surface area (Å²) in [5.74, 6) is 0. The minimum atomic E-state index is 0.0842. The van der Waals surface area contributed by atoms with E-state index in [4.69, 9.17) is 29.2 Å². The number of nitrogens with zero attached hydrogens (tertiary/aromatic N) is 2. The van der Waals surface area contributed by atoms with E-state index in [-0.39, 0.29) is 13.2 Å². The Morgan fingerprint density at radius 2 is 1.29 bits per heavy atom. The summed E-state index contributed by atoms with van der Waals surface area (Å²) in [7, 11) is 0. The number of ether oxygens (including phenoxy) is 4. The molecule has 24 heavy (non-hydrogen) atoms. The zero-order chi connectivity index (χ0) is 17.3. The predicted octanol–water partition coefficient (Wildman–Crippen LogP) is -0.874. The van der Waals surface area contributed by atoms with E-state index < -0.39 is 0 Å². The monoisotopic (exact) mass is 348 g/mol. The Hall–Kier alpha value is -0.900. The Balaban J connectivity index is 2.36. The van der Waals surface area contributed by atoms with Crippen LogP contribution in [-0.2, 0) is 18.9 Å². The molecule has 0 aromatic rings. The van der Waals surface area contributed by atoms with Gasteiger partial charge in [-0.25, -0.2) is 0 Å². The van der Waals surface area contributed by atoms with Gasteiger partial charge in [-0.2, -0.15) is 0 Å². The van der Waals surface area contributed by atoms with Crippen molar-refractivity contribution in [2.24, 2.45) is 0 Å². The summed E-state index contributed by atoms with van der Waals surface area (Å²) >= 11 is 0. The van der Waals surface area contributed by atoms with Crippen LogP contribution in [0.1, 0.15) is 0 Å². The highest BCUT2D eigenvalue weighted by Crippen LogP contribution is 1.94. The highest BCUT2D eigenvalue weighted by Gasteiger charge is 2.05. The standard InChI is InChI=1S/C16H32N2O6/c19-7-1-17-3-9-21-13-15-23-11-5-18(2-8-20)6-12-24-16-14-22-10-4-17/h3,9,19-20H,1-2,4-8,10-16H2/b9-3-. The number of rotatable bonds is 4.